The highest BCUT2D eigenvalue weighted by atomic mass is 79.9. The summed E-state index contributed by atoms with van der Waals surface area (Å²) in [5, 5.41) is 6.10. The van der Waals surface area contributed by atoms with Gasteiger partial charge in [0.05, 0.1) is 0 Å². The molecule has 0 aliphatic rings. The van der Waals surface area contributed by atoms with E-state index in [4.69, 9.17) is 16.9 Å². The van der Waals surface area contributed by atoms with Crippen LogP contribution in [-0.2, 0) is 0 Å². The van der Waals surface area contributed by atoms with E-state index < -0.39 is 0 Å². The second kappa shape index (κ2) is 16.8. The van der Waals surface area contributed by atoms with Gasteiger partial charge in [0.2, 0.25) is 0 Å². The highest BCUT2D eigenvalue weighted by molar-refractivity contribution is 8.13. The SMILES string of the molecule is CCCCCCCCCCCCSC(=[NH2+])N=C(N)N.[Br-]. The highest BCUT2D eigenvalue weighted by Gasteiger charge is 2.04. The van der Waals surface area contributed by atoms with Crippen LogP contribution in [0.2, 0.25) is 0 Å². The van der Waals surface area contributed by atoms with Gasteiger partial charge >= 0.3 is 11.1 Å². The summed E-state index contributed by atoms with van der Waals surface area (Å²) in [5.41, 5.74) is 10.5. The number of hydrogen-bond donors (Lipinski definition) is 3. The van der Waals surface area contributed by atoms with Crippen molar-refractivity contribution in [3.63, 3.8) is 0 Å². The van der Waals surface area contributed by atoms with Crippen LogP contribution in [0.1, 0.15) is 71.1 Å². The maximum Gasteiger partial charge on any atom is 0.354 e. The third-order valence-electron chi connectivity index (χ3n) is 2.99. The monoisotopic (exact) mass is 366 g/mol. The minimum Gasteiger partial charge on any atom is -1.00 e. The Morgan fingerprint density at radius 2 is 1.35 bits per heavy atom. The molecule has 0 fully saturated rings. The van der Waals surface area contributed by atoms with Gasteiger partial charge in [-0.2, -0.15) is 0 Å². The highest BCUT2D eigenvalue weighted by Crippen LogP contribution is 2.12. The van der Waals surface area contributed by atoms with E-state index in [0.717, 1.165) is 5.75 Å². The molecule has 0 amide bonds. The lowest BCUT2D eigenvalue weighted by atomic mass is 10.1. The first-order valence-electron chi connectivity index (χ1n) is 7.51. The van der Waals surface area contributed by atoms with Crippen LogP contribution in [0.4, 0.5) is 0 Å². The van der Waals surface area contributed by atoms with Gasteiger partial charge in [-0.15, -0.1) is 0 Å². The average molecular weight is 367 g/mol. The summed E-state index contributed by atoms with van der Waals surface area (Å²) < 4.78 is 0. The number of unbranched alkanes of at least 4 members (excludes halogenated alkanes) is 9. The molecule has 0 aromatic heterocycles. The van der Waals surface area contributed by atoms with Crippen LogP contribution in [0.3, 0.4) is 0 Å². The molecule has 20 heavy (non-hydrogen) atoms. The van der Waals surface area contributed by atoms with E-state index in [2.05, 4.69) is 11.9 Å². The predicted molar refractivity (Wildman–Crippen MR) is 87.0 cm³/mol. The van der Waals surface area contributed by atoms with Crippen molar-refractivity contribution in [1.82, 2.24) is 0 Å². The van der Waals surface area contributed by atoms with Crippen LogP contribution in [0.5, 0.6) is 0 Å². The van der Waals surface area contributed by atoms with Crippen molar-refractivity contribution in [1.29, 1.82) is 0 Å². The molecule has 0 aliphatic carbocycles. The summed E-state index contributed by atoms with van der Waals surface area (Å²) in [6, 6.07) is 0. The molecule has 120 valence electrons. The molecule has 0 atom stereocenters. The summed E-state index contributed by atoms with van der Waals surface area (Å²) >= 11 is 1.53. The van der Waals surface area contributed by atoms with Gasteiger partial charge in [-0.3, -0.25) is 5.41 Å². The van der Waals surface area contributed by atoms with Crippen LogP contribution in [0.15, 0.2) is 4.99 Å². The molecule has 0 saturated heterocycles. The molecule has 6 N–H and O–H groups in total. The van der Waals surface area contributed by atoms with Crippen molar-refractivity contribution in [3.8, 4) is 0 Å². The molecule has 0 saturated carbocycles. The Hall–Kier alpha value is -0.230. The van der Waals surface area contributed by atoms with Crippen LogP contribution in [0.25, 0.3) is 0 Å². The van der Waals surface area contributed by atoms with Gasteiger partial charge in [0, 0.05) is 10.7 Å². The third-order valence-corrected chi connectivity index (χ3v) is 3.87. The lowest BCUT2D eigenvalue weighted by Crippen LogP contribution is -3.00. The van der Waals surface area contributed by atoms with Crippen LogP contribution in [-0.4, -0.2) is 16.9 Å². The van der Waals surface area contributed by atoms with Gasteiger partial charge in [-0.05, 0) is 18.2 Å². The Labute approximate surface area is 138 Å². The van der Waals surface area contributed by atoms with Gasteiger partial charge in [0.1, 0.15) is 0 Å². The summed E-state index contributed by atoms with van der Waals surface area (Å²) in [6.07, 6.45) is 13.5. The fraction of sp³-hybridized carbons (Fsp3) is 0.857. The molecule has 0 aromatic rings. The third kappa shape index (κ3) is 17.8. The number of aliphatic imine (C=N–C) groups is 1. The Balaban J connectivity index is 0. The van der Waals surface area contributed by atoms with E-state index in [9.17, 15) is 0 Å². The summed E-state index contributed by atoms with van der Waals surface area (Å²) in [4.78, 5) is 3.79. The number of rotatable bonds is 11. The normalized spacial score (nSPS) is 9.85. The molecule has 0 spiro atoms. The molecular weight excluding hydrogens is 336 g/mol. The van der Waals surface area contributed by atoms with Crippen molar-refractivity contribution >= 4 is 22.9 Å². The number of halogens is 1. The lowest BCUT2D eigenvalue weighted by molar-refractivity contribution is -0.109. The van der Waals surface area contributed by atoms with Crippen LogP contribution < -0.4 is 33.9 Å². The Morgan fingerprint density at radius 3 is 1.80 bits per heavy atom. The minimum atomic E-state index is 0. The number of thioether (sulfide) groups is 1. The zero-order chi connectivity index (χ0) is 14.3. The number of nitrogens with zero attached hydrogens (tertiary/aromatic N) is 1. The fourth-order valence-corrected chi connectivity index (χ4v) is 2.65. The van der Waals surface area contributed by atoms with Gasteiger partial charge in [0.25, 0.3) is 0 Å². The van der Waals surface area contributed by atoms with Gasteiger partial charge in [0.15, 0.2) is 0 Å². The summed E-state index contributed by atoms with van der Waals surface area (Å²) in [5.74, 6) is 1.03. The average Bonchev–Trinajstić information content (AvgIpc) is 2.35. The van der Waals surface area contributed by atoms with Gasteiger partial charge in [-0.1, -0.05) is 64.7 Å². The van der Waals surface area contributed by atoms with Crippen molar-refractivity contribution < 1.29 is 22.4 Å². The first-order valence-corrected chi connectivity index (χ1v) is 8.50. The predicted octanol–water partition coefficient (Wildman–Crippen LogP) is -0.967. The molecule has 0 aromatic carbocycles. The summed E-state index contributed by atoms with van der Waals surface area (Å²) in [7, 11) is 0. The van der Waals surface area contributed by atoms with E-state index in [1.165, 1.54) is 76.0 Å². The minimum absolute atomic E-state index is 0. The number of hydrogen-bond acceptors (Lipinski definition) is 1. The van der Waals surface area contributed by atoms with E-state index >= 15 is 0 Å². The van der Waals surface area contributed by atoms with E-state index in [1.807, 2.05) is 0 Å². The maximum atomic E-state index is 5.63. The van der Waals surface area contributed by atoms with E-state index in [1.54, 1.807) is 0 Å². The van der Waals surface area contributed by atoms with Crippen LogP contribution >= 0.6 is 11.8 Å². The quantitative estimate of drug-likeness (QED) is 0.249. The van der Waals surface area contributed by atoms with Crippen molar-refractivity contribution in [2.45, 2.75) is 71.1 Å². The largest absolute Gasteiger partial charge is 1.00 e. The first kappa shape index (κ1) is 22.1. The zero-order valence-corrected chi connectivity index (χ0v) is 15.1. The molecule has 0 heterocycles. The topological polar surface area (TPSA) is 90.0 Å². The zero-order valence-electron chi connectivity index (χ0n) is 12.7. The van der Waals surface area contributed by atoms with Gasteiger partial charge in [-0.25, -0.2) is 0 Å². The molecule has 0 radical (unpaired) electrons. The first-order chi connectivity index (χ1) is 9.16. The Morgan fingerprint density at radius 1 is 0.900 bits per heavy atom. The van der Waals surface area contributed by atoms with E-state index in [0.29, 0.717) is 5.17 Å². The Bertz CT molecular complexity index is 256. The molecular formula is C14H31BrN4S. The van der Waals surface area contributed by atoms with Gasteiger partial charge < -0.3 is 28.4 Å². The Kier molecular flexibility index (Phi) is 18.6. The van der Waals surface area contributed by atoms with Crippen molar-refractivity contribution in [2.75, 3.05) is 5.75 Å². The number of nitrogens with two attached hydrogens (primary N) is 3. The molecule has 0 unspecified atom stereocenters. The smallest absolute Gasteiger partial charge is 0.354 e. The second-order valence-corrected chi connectivity index (χ2v) is 6.02. The van der Waals surface area contributed by atoms with E-state index in [-0.39, 0.29) is 22.9 Å². The van der Waals surface area contributed by atoms with Crippen LogP contribution in [0, 0.1) is 0 Å². The fourth-order valence-electron chi connectivity index (χ4n) is 1.93. The number of amidine groups is 1. The number of guanidine groups is 1. The molecule has 4 nitrogen and oxygen atoms in total. The molecule has 0 aliphatic heterocycles. The summed E-state index contributed by atoms with van der Waals surface area (Å²) in [6.45, 7) is 2.26. The standard InChI is InChI=1S/C14H30N4S.BrH/c1-2-3-4-5-6-7-8-9-10-11-12-19-14(17)18-13(15)16;/h2-12H2,1H3,(H5,15,16,17,18);1H. The molecule has 6 heteroatoms. The van der Waals surface area contributed by atoms with Crippen molar-refractivity contribution in [2.24, 2.45) is 16.5 Å². The maximum absolute atomic E-state index is 5.63. The second-order valence-electron chi connectivity index (χ2n) is 4.91. The molecule has 0 bridgehead atoms. The van der Waals surface area contributed by atoms with Crippen molar-refractivity contribution in [3.05, 3.63) is 0 Å². The molecule has 0 rings (SSSR count). The lowest BCUT2D eigenvalue weighted by Gasteiger charge is -2.01.